The highest BCUT2D eigenvalue weighted by Gasteiger charge is 2.48. The van der Waals surface area contributed by atoms with Crippen LogP contribution in [0.2, 0.25) is 0 Å². The van der Waals surface area contributed by atoms with E-state index < -0.39 is 5.54 Å². The van der Waals surface area contributed by atoms with Gasteiger partial charge in [0.05, 0.1) is 5.54 Å². The van der Waals surface area contributed by atoms with Gasteiger partial charge in [0.1, 0.15) is 5.82 Å². The molecule has 2 rings (SSSR count). The van der Waals surface area contributed by atoms with Crippen molar-refractivity contribution in [3.8, 4) is 0 Å². The molecule has 1 aliphatic carbocycles. The zero-order chi connectivity index (χ0) is 12.5. The van der Waals surface area contributed by atoms with Crippen LogP contribution in [0.15, 0.2) is 24.3 Å². The lowest BCUT2D eigenvalue weighted by Crippen LogP contribution is -2.48. The first-order valence-corrected chi connectivity index (χ1v) is 5.84. The number of amides is 1. The van der Waals surface area contributed by atoms with Crippen LogP contribution in [0.4, 0.5) is 4.39 Å². The van der Waals surface area contributed by atoms with Gasteiger partial charge in [0.25, 0.3) is 0 Å². The summed E-state index contributed by atoms with van der Waals surface area (Å²) >= 11 is 0. The second-order valence-corrected chi connectivity index (χ2v) is 4.79. The highest BCUT2D eigenvalue weighted by atomic mass is 19.1. The van der Waals surface area contributed by atoms with Gasteiger partial charge in [0.2, 0.25) is 5.91 Å². The average molecular weight is 236 g/mol. The molecule has 1 atom stereocenters. The first-order valence-electron chi connectivity index (χ1n) is 5.84. The fraction of sp³-hybridized carbons (Fsp3) is 0.462. The molecule has 0 heterocycles. The topological polar surface area (TPSA) is 55.1 Å². The summed E-state index contributed by atoms with van der Waals surface area (Å²) in [5.74, 6) is -0.511. The molecule has 0 bridgehead atoms. The lowest BCUT2D eigenvalue weighted by atomic mass is 10.1. The lowest BCUT2D eigenvalue weighted by Gasteiger charge is -2.20. The Morgan fingerprint density at radius 2 is 2.18 bits per heavy atom. The van der Waals surface area contributed by atoms with Crippen molar-refractivity contribution in [1.29, 1.82) is 0 Å². The van der Waals surface area contributed by atoms with Crippen LogP contribution in [0.1, 0.15) is 25.3 Å². The third-order valence-electron chi connectivity index (χ3n) is 3.23. The Kier molecular flexibility index (Phi) is 3.15. The van der Waals surface area contributed by atoms with Gasteiger partial charge in [-0.1, -0.05) is 18.2 Å². The molecule has 92 valence electrons. The van der Waals surface area contributed by atoms with Crippen molar-refractivity contribution in [1.82, 2.24) is 5.32 Å². The molecule has 17 heavy (non-hydrogen) atoms. The maximum Gasteiger partial charge on any atom is 0.237 e. The highest BCUT2D eigenvalue weighted by Crippen LogP contribution is 2.35. The molecule has 0 spiro atoms. The van der Waals surface area contributed by atoms with Crippen molar-refractivity contribution >= 4 is 5.91 Å². The predicted molar refractivity (Wildman–Crippen MR) is 63.9 cm³/mol. The summed E-state index contributed by atoms with van der Waals surface area (Å²) in [7, 11) is 0. The SMILES string of the molecule is C[C@@H](Cc1ccccc1F)NC1(C(N)=O)CC1. The molecule has 1 aromatic rings. The lowest BCUT2D eigenvalue weighted by molar-refractivity contribution is -0.121. The van der Waals surface area contributed by atoms with E-state index in [1.807, 2.05) is 13.0 Å². The molecule has 1 aromatic carbocycles. The van der Waals surface area contributed by atoms with Gasteiger partial charge in [-0.15, -0.1) is 0 Å². The summed E-state index contributed by atoms with van der Waals surface area (Å²) in [5.41, 5.74) is 5.45. The monoisotopic (exact) mass is 236 g/mol. The number of halogens is 1. The number of nitrogens with two attached hydrogens (primary N) is 1. The standard InChI is InChI=1S/C13H17FN2O/c1-9(16-13(6-7-13)12(15)17)8-10-4-2-3-5-11(10)14/h2-5,9,16H,6-8H2,1H3,(H2,15,17)/t9-/m0/s1. The summed E-state index contributed by atoms with van der Waals surface area (Å²) in [6.07, 6.45) is 2.12. The second kappa shape index (κ2) is 4.45. The zero-order valence-corrected chi connectivity index (χ0v) is 9.87. The first-order chi connectivity index (χ1) is 8.03. The van der Waals surface area contributed by atoms with Gasteiger partial charge >= 0.3 is 0 Å². The molecule has 3 N–H and O–H groups in total. The molecule has 0 saturated heterocycles. The van der Waals surface area contributed by atoms with Crippen molar-refractivity contribution in [2.75, 3.05) is 0 Å². The largest absolute Gasteiger partial charge is 0.368 e. The molecule has 3 nitrogen and oxygen atoms in total. The van der Waals surface area contributed by atoms with Crippen molar-refractivity contribution in [3.63, 3.8) is 0 Å². The van der Waals surface area contributed by atoms with E-state index in [9.17, 15) is 9.18 Å². The number of carbonyl (C=O) groups excluding carboxylic acids is 1. The van der Waals surface area contributed by atoms with E-state index in [2.05, 4.69) is 5.32 Å². The number of hydrogen-bond donors (Lipinski definition) is 2. The van der Waals surface area contributed by atoms with Crippen LogP contribution in [0, 0.1) is 5.82 Å². The van der Waals surface area contributed by atoms with Gasteiger partial charge in [-0.2, -0.15) is 0 Å². The zero-order valence-electron chi connectivity index (χ0n) is 9.87. The Morgan fingerprint density at radius 3 is 2.71 bits per heavy atom. The molecule has 1 saturated carbocycles. The van der Waals surface area contributed by atoms with Gasteiger partial charge in [-0.3, -0.25) is 4.79 Å². The van der Waals surface area contributed by atoms with Crippen LogP contribution in [-0.4, -0.2) is 17.5 Å². The van der Waals surface area contributed by atoms with E-state index in [1.54, 1.807) is 12.1 Å². The van der Waals surface area contributed by atoms with E-state index in [4.69, 9.17) is 5.73 Å². The predicted octanol–water partition coefficient (Wildman–Crippen LogP) is 1.36. The van der Waals surface area contributed by atoms with Crippen molar-refractivity contribution < 1.29 is 9.18 Å². The van der Waals surface area contributed by atoms with Crippen LogP contribution in [-0.2, 0) is 11.2 Å². The van der Waals surface area contributed by atoms with E-state index in [0.29, 0.717) is 12.0 Å². The molecular weight excluding hydrogens is 219 g/mol. The van der Waals surface area contributed by atoms with Crippen molar-refractivity contribution in [2.24, 2.45) is 5.73 Å². The fourth-order valence-corrected chi connectivity index (χ4v) is 2.10. The minimum atomic E-state index is -0.537. The number of rotatable bonds is 5. The molecule has 0 radical (unpaired) electrons. The van der Waals surface area contributed by atoms with Gasteiger partial charge in [-0.05, 0) is 37.8 Å². The maximum atomic E-state index is 13.4. The van der Waals surface area contributed by atoms with Crippen LogP contribution < -0.4 is 11.1 Å². The Bertz CT molecular complexity index is 429. The normalized spacial score (nSPS) is 18.7. The molecule has 4 heteroatoms. The van der Waals surface area contributed by atoms with E-state index in [0.717, 1.165) is 12.8 Å². The smallest absolute Gasteiger partial charge is 0.237 e. The quantitative estimate of drug-likeness (QED) is 0.811. The van der Waals surface area contributed by atoms with Gasteiger partial charge < -0.3 is 11.1 Å². The summed E-state index contributed by atoms with van der Waals surface area (Å²) in [5, 5.41) is 3.20. The van der Waals surface area contributed by atoms with Crippen molar-refractivity contribution in [2.45, 2.75) is 37.8 Å². The summed E-state index contributed by atoms with van der Waals surface area (Å²) in [6.45, 7) is 1.94. The molecule has 0 aliphatic heterocycles. The third kappa shape index (κ3) is 2.64. The van der Waals surface area contributed by atoms with Gasteiger partial charge in [0.15, 0.2) is 0 Å². The summed E-state index contributed by atoms with van der Waals surface area (Å²) in [4.78, 5) is 11.2. The average Bonchev–Trinajstić information content (AvgIpc) is 3.02. The molecule has 0 unspecified atom stereocenters. The van der Waals surface area contributed by atoms with Crippen LogP contribution in [0.3, 0.4) is 0 Å². The first kappa shape index (κ1) is 12.0. The number of hydrogen-bond acceptors (Lipinski definition) is 2. The number of primary amides is 1. The number of nitrogens with one attached hydrogen (secondary N) is 1. The van der Waals surface area contributed by atoms with E-state index in [-0.39, 0.29) is 17.8 Å². The summed E-state index contributed by atoms with van der Waals surface area (Å²) < 4.78 is 13.4. The molecule has 0 aromatic heterocycles. The molecular formula is C13H17FN2O. The minimum Gasteiger partial charge on any atom is -0.368 e. The van der Waals surface area contributed by atoms with Crippen LogP contribution in [0.25, 0.3) is 0 Å². The molecule has 1 fully saturated rings. The number of benzene rings is 1. The molecule has 1 amide bonds. The third-order valence-corrected chi connectivity index (χ3v) is 3.23. The maximum absolute atomic E-state index is 13.4. The second-order valence-electron chi connectivity index (χ2n) is 4.79. The van der Waals surface area contributed by atoms with E-state index >= 15 is 0 Å². The molecule has 1 aliphatic rings. The Labute approximate surface area is 100 Å². The van der Waals surface area contributed by atoms with E-state index in [1.165, 1.54) is 6.07 Å². The summed E-state index contributed by atoms with van der Waals surface area (Å²) in [6, 6.07) is 6.72. The van der Waals surface area contributed by atoms with Crippen LogP contribution in [0.5, 0.6) is 0 Å². The minimum absolute atomic E-state index is 0.0295. The van der Waals surface area contributed by atoms with Gasteiger partial charge in [0, 0.05) is 6.04 Å². The number of carbonyl (C=O) groups is 1. The Balaban J connectivity index is 1.96. The Hall–Kier alpha value is -1.42. The fourth-order valence-electron chi connectivity index (χ4n) is 2.10. The Morgan fingerprint density at radius 1 is 1.53 bits per heavy atom. The van der Waals surface area contributed by atoms with Gasteiger partial charge in [-0.25, -0.2) is 4.39 Å². The van der Waals surface area contributed by atoms with Crippen molar-refractivity contribution in [3.05, 3.63) is 35.6 Å². The van der Waals surface area contributed by atoms with Crippen LogP contribution >= 0.6 is 0 Å². The highest BCUT2D eigenvalue weighted by molar-refractivity contribution is 5.87.